The number of nitrogens with one attached hydrogen (secondary N) is 1. The number of hydrogen-bond acceptors (Lipinski definition) is 5. The number of aromatic nitrogens is 1. The Balaban J connectivity index is 1.33. The fraction of sp³-hybridized carbons (Fsp3) is 0.167. The zero-order chi connectivity index (χ0) is 20.7. The van der Waals surface area contributed by atoms with Gasteiger partial charge in [0, 0.05) is 27.5 Å². The van der Waals surface area contributed by atoms with Crippen molar-refractivity contribution in [2.45, 2.75) is 12.8 Å². The quantitative estimate of drug-likeness (QED) is 0.365. The molecule has 30 heavy (non-hydrogen) atoms. The number of carbonyl (C=O) groups is 2. The highest BCUT2D eigenvalue weighted by Crippen LogP contribution is 2.41. The molecular weight excluding hydrogens is 398 g/mol. The average molecular weight is 417 g/mol. The minimum atomic E-state index is -0.461. The number of benzene rings is 2. The van der Waals surface area contributed by atoms with E-state index in [1.165, 1.54) is 16.9 Å². The Bertz CT molecular complexity index is 1280. The number of esters is 1. The second kappa shape index (κ2) is 7.46. The van der Waals surface area contributed by atoms with Crippen LogP contribution in [0.25, 0.3) is 21.3 Å². The van der Waals surface area contributed by atoms with E-state index in [0.29, 0.717) is 10.4 Å². The molecule has 5 rings (SSSR count). The number of hydrogen-bond donors (Lipinski definition) is 1. The number of aromatic amines is 1. The zero-order valence-corrected chi connectivity index (χ0v) is 17.2. The molecule has 1 aliphatic rings. The van der Waals surface area contributed by atoms with Crippen molar-refractivity contribution < 1.29 is 19.1 Å². The molecule has 0 atom stereocenters. The van der Waals surface area contributed by atoms with Gasteiger partial charge in [-0.2, -0.15) is 0 Å². The van der Waals surface area contributed by atoms with Gasteiger partial charge in [0.2, 0.25) is 5.78 Å². The molecule has 2 heterocycles. The van der Waals surface area contributed by atoms with Gasteiger partial charge in [0.25, 0.3) is 0 Å². The molecule has 2 aromatic carbocycles. The first kappa shape index (κ1) is 18.6. The van der Waals surface area contributed by atoms with E-state index in [4.69, 9.17) is 9.47 Å². The summed E-state index contributed by atoms with van der Waals surface area (Å²) in [4.78, 5) is 29.9. The third-order valence-corrected chi connectivity index (χ3v) is 6.65. The number of fused-ring (bicyclic) bond motifs is 4. The molecule has 0 bridgehead atoms. The van der Waals surface area contributed by atoms with Gasteiger partial charge in [0.15, 0.2) is 6.61 Å². The zero-order valence-electron chi connectivity index (χ0n) is 16.4. The predicted molar refractivity (Wildman–Crippen MR) is 117 cm³/mol. The normalized spacial score (nSPS) is 12.3. The van der Waals surface area contributed by atoms with Gasteiger partial charge in [-0.1, -0.05) is 18.2 Å². The standard InChI is InChI=1S/C24H19NO4S/c1-28-16-8-9-17-14(10-16)6-7-15-11-22(30-23(15)17)24(27)29-13-21(26)19-12-25-20-5-3-2-4-18(19)20/h2-5,8-12,25H,6-7,13H2,1H3. The molecule has 0 amide bonds. The van der Waals surface area contributed by atoms with Gasteiger partial charge in [-0.3, -0.25) is 4.79 Å². The Morgan fingerprint density at radius 1 is 1.07 bits per heavy atom. The number of ether oxygens (including phenoxy) is 2. The van der Waals surface area contributed by atoms with Gasteiger partial charge in [-0.15, -0.1) is 11.3 Å². The van der Waals surface area contributed by atoms with Crippen LogP contribution in [0, 0.1) is 0 Å². The molecule has 0 unspecified atom stereocenters. The minimum Gasteiger partial charge on any atom is -0.497 e. The van der Waals surface area contributed by atoms with Gasteiger partial charge in [0.05, 0.1) is 7.11 Å². The van der Waals surface area contributed by atoms with Crippen LogP contribution in [0.15, 0.2) is 54.7 Å². The molecule has 2 aromatic heterocycles. The molecule has 150 valence electrons. The number of Topliss-reactive ketones (excluding diaryl/α,β-unsaturated/α-hetero) is 1. The number of aryl methyl sites for hydroxylation is 2. The molecule has 0 radical (unpaired) electrons. The van der Waals surface area contributed by atoms with Crippen molar-refractivity contribution in [1.82, 2.24) is 4.98 Å². The molecule has 0 aliphatic heterocycles. The van der Waals surface area contributed by atoms with Crippen LogP contribution in [-0.4, -0.2) is 30.5 Å². The summed E-state index contributed by atoms with van der Waals surface area (Å²) in [7, 11) is 1.66. The van der Waals surface area contributed by atoms with Crippen molar-refractivity contribution >= 4 is 34.0 Å². The summed E-state index contributed by atoms with van der Waals surface area (Å²) in [5.74, 6) is 0.154. The monoisotopic (exact) mass is 417 g/mol. The molecule has 4 aromatic rings. The van der Waals surface area contributed by atoms with Crippen LogP contribution in [0.5, 0.6) is 5.75 Å². The van der Waals surface area contributed by atoms with Crippen LogP contribution in [-0.2, 0) is 17.6 Å². The first-order valence-corrected chi connectivity index (χ1v) is 10.5. The van der Waals surface area contributed by atoms with E-state index >= 15 is 0 Å². The van der Waals surface area contributed by atoms with Crippen molar-refractivity contribution in [2.75, 3.05) is 13.7 Å². The summed E-state index contributed by atoms with van der Waals surface area (Å²) in [6.07, 6.45) is 3.44. The topological polar surface area (TPSA) is 68.4 Å². The average Bonchev–Trinajstić information content (AvgIpc) is 3.41. The third kappa shape index (κ3) is 3.19. The molecule has 0 fully saturated rings. The highest BCUT2D eigenvalue weighted by Gasteiger charge is 2.23. The van der Waals surface area contributed by atoms with Crippen LogP contribution in [0.4, 0.5) is 0 Å². The fourth-order valence-corrected chi connectivity index (χ4v) is 5.08. The molecule has 1 aliphatic carbocycles. The van der Waals surface area contributed by atoms with Gasteiger partial charge in [0.1, 0.15) is 10.6 Å². The number of ketones is 1. The van der Waals surface area contributed by atoms with E-state index in [1.54, 1.807) is 13.3 Å². The predicted octanol–water partition coefficient (Wildman–Crippen LogP) is 5.04. The lowest BCUT2D eigenvalue weighted by Gasteiger charge is -2.16. The Morgan fingerprint density at radius 2 is 1.90 bits per heavy atom. The van der Waals surface area contributed by atoms with Gasteiger partial charge >= 0.3 is 5.97 Å². The van der Waals surface area contributed by atoms with E-state index in [0.717, 1.165) is 45.5 Å². The van der Waals surface area contributed by atoms with Crippen LogP contribution in [0.1, 0.15) is 31.2 Å². The highest BCUT2D eigenvalue weighted by molar-refractivity contribution is 7.17. The number of H-pyrrole nitrogens is 1. The maximum atomic E-state index is 12.6. The van der Waals surface area contributed by atoms with Crippen molar-refractivity contribution in [3.05, 3.63) is 76.3 Å². The van der Waals surface area contributed by atoms with E-state index in [9.17, 15) is 9.59 Å². The number of rotatable bonds is 5. The molecule has 0 saturated heterocycles. The SMILES string of the molecule is COc1ccc2c(c1)CCc1cc(C(=O)OCC(=O)c3c[nH]c4ccccc34)sc1-2. The largest absolute Gasteiger partial charge is 0.497 e. The van der Waals surface area contributed by atoms with Crippen molar-refractivity contribution in [3.8, 4) is 16.2 Å². The van der Waals surface area contributed by atoms with Crippen molar-refractivity contribution in [2.24, 2.45) is 0 Å². The summed E-state index contributed by atoms with van der Waals surface area (Å²) in [5.41, 5.74) is 4.92. The summed E-state index contributed by atoms with van der Waals surface area (Å²) >= 11 is 1.42. The van der Waals surface area contributed by atoms with Crippen LogP contribution < -0.4 is 4.74 Å². The van der Waals surface area contributed by atoms with E-state index in [2.05, 4.69) is 11.1 Å². The van der Waals surface area contributed by atoms with E-state index in [1.807, 2.05) is 42.5 Å². The van der Waals surface area contributed by atoms with Crippen LogP contribution in [0.3, 0.4) is 0 Å². The molecule has 0 spiro atoms. The van der Waals surface area contributed by atoms with Crippen LogP contribution >= 0.6 is 11.3 Å². The van der Waals surface area contributed by atoms with Crippen molar-refractivity contribution in [1.29, 1.82) is 0 Å². The van der Waals surface area contributed by atoms with E-state index in [-0.39, 0.29) is 12.4 Å². The second-order valence-corrected chi connectivity index (χ2v) is 8.29. The molecule has 6 heteroatoms. The van der Waals surface area contributed by atoms with Gasteiger partial charge in [-0.05, 0) is 59.9 Å². The fourth-order valence-electron chi connectivity index (χ4n) is 3.92. The first-order valence-electron chi connectivity index (χ1n) is 9.70. The summed E-state index contributed by atoms with van der Waals surface area (Å²) in [5, 5.41) is 0.831. The maximum Gasteiger partial charge on any atom is 0.348 e. The van der Waals surface area contributed by atoms with Gasteiger partial charge < -0.3 is 14.5 Å². The first-order chi connectivity index (χ1) is 14.6. The summed E-state index contributed by atoms with van der Waals surface area (Å²) < 4.78 is 10.7. The van der Waals surface area contributed by atoms with Crippen LogP contribution in [0.2, 0.25) is 0 Å². The molecule has 5 nitrogen and oxygen atoms in total. The second-order valence-electron chi connectivity index (χ2n) is 7.24. The molecule has 1 N–H and O–H groups in total. The van der Waals surface area contributed by atoms with E-state index < -0.39 is 5.97 Å². The lowest BCUT2D eigenvalue weighted by atomic mass is 9.91. The van der Waals surface area contributed by atoms with Gasteiger partial charge in [-0.25, -0.2) is 4.79 Å². The number of thiophene rings is 1. The number of para-hydroxylation sites is 1. The molecular formula is C24H19NO4S. The Hall–Kier alpha value is -3.38. The third-order valence-electron chi connectivity index (χ3n) is 5.45. The number of carbonyl (C=O) groups excluding carboxylic acids is 2. The smallest absolute Gasteiger partial charge is 0.348 e. The number of methoxy groups -OCH3 is 1. The lowest BCUT2D eigenvalue weighted by Crippen LogP contribution is -2.13. The lowest BCUT2D eigenvalue weighted by molar-refractivity contribution is 0.0480. The minimum absolute atomic E-state index is 0.223. The Labute approximate surface area is 177 Å². The summed E-state index contributed by atoms with van der Waals surface area (Å²) in [6.45, 7) is -0.281. The van der Waals surface area contributed by atoms with Crippen molar-refractivity contribution in [3.63, 3.8) is 0 Å². The highest BCUT2D eigenvalue weighted by atomic mass is 32.1. The summed E-state index contributed by atoms with van der Waals surface area (Å²) in [6, 6.07) is 15.5. The maximum absolute atomic E-state index is 12.6. The molecule has 0 saturated carbocycles. The Kier molecular flexibility index (Phi) is 4.64. The Morgan fingerprint density at radius 3 is 2.77 bits per heavy atom.